The molecule has 10 heteroatoms. The molecule has 0 aliphatic carbocycles. The maximum Gasteiger partial charge on any atom is 0.277 e. The van der Waals surface area contributed by atoms with E-state index in [-0.39, 0.29) is 18.9 Å². The van der Waals surface area contributed by atoms with Crippen molar-refractivity contribution in [1.82, 2.24) is 24.3 Å². The summed E-state index contributed by atoms with van der Waals surface area (Å²) in [5, 5.41) is 8.56. The Bertz CT molecular complexity index is 1550. The second kappa shape index (κ2) is 7.52. The molecule has 2 aromatic carbocycles. The van der Waals surface area contributed by atoms with Gasteiger partial charge in [0, 0.05) is 23.5 Å². The van der Waals surface area contributed by atoms with Crippen molar-refractivity contribution in [2.45, 2.75) is 6.54 Å². The monoisotopic (exact) mass is 443 g/mol. The third-order valence-electron chi connectivity index (χ3n) is 5.39. The molecule has 4 heterocycles. The van der Waals surface area contributed by atoms with Gasteiger partial charge < -0.3 is 23.3 Å². The number of hydrogen-bond donors (Lipinski definition) is 0. The molecular weight excluding hydrogens is 426 g/mol. The SMILES string of the molecule is COc1ccccc1-c1cc2c(=O)n(Cc3nc(-c4ccc5c(c4)OCO5)no3)ccn2n1. The number of hydrogen-bond acceptors (Lipinski definition) is 8. The van der Waals surface area contributed by atoms with Gasteiger partial charge in [0.2, 0.25) is 18.5 Å². The van der Waals surface area contributed by atoms with Crippen LogP contribution in [0.15, 0.2) is 70.2 Å². The molecule has 0 amide bonds. The zero-order valence-electron chi connectivity index (χ0n) is 17.5. The van der Waals surface area contributed by atoms with Crippen LogP contribution in [-0.2, 0) is 6.54 Å². The van der Waals surface area contributed by atoms with Gasteiger partial charge in [0.25, 0.3) is 5.56 Å². The molecule has 0 radical (unpaired) electrons. The smallest absolute Gasteiger partial charge is 0.277 e. The molecule has 0 bridgehead atoms. The molecule has 5 aromatic rings. The van der Waals surface area contributed by atoms with E-state index < -0.39 is 0 Å². The summed E-state index contributed by atoms with van der Waals surface area (Å²) in [4.78, 5) is 17.5. The normalized spacial score (nSPS) is 12.4. The van der Waals surface area contributed by atoms with Crippen molar-refractivity contribution in [1.29, 1.82) is 0 Å². The first kappa shape index (κ1) is 19.1. The summed E-state index contributed by atoms with van der Waals surface area (Å²) >= 11 is 0. The van der Waals surface area contributed by atoms with E-state index in [1.54, 1.807) is 42.2 Å². The Labute approximate surface area is 186 Å². The Hall–Kier alpha value is -4.60. The molecule has 164 valence electrons. The highest BCUT2D eigenvalue weighted by Gasteiger charge is 2.18. The van der Waals surface area contributed by atoms with Gasteiger partial charge in [0.1, 0.15) is 17.8 Å². The van der Waals surface area contributed by atoms with E-state index in [0.29, 0.717) is 40.2 Å². The fraction of sp³-hybridized carbons (Fsp3) is 0.130. The molecule has 1 aliphatic heterocycles. The quantitative estimate of drug-likeness (QED) is 0.408. The van der Waals surface area contributed by atoms with Gasteiger partial charge in [-0.3, -0.25) is 4.79 Å². The van der Waals surface area contributed by atoms with Crippen LogP contribution in [0.1, 0.15) is 5.89 Å². The summed E-state index contributed by atoms with van der Waals surface area (Å²) in [5.41, 5.74) is 2.38. The van der Waals surface area contributed by atoms with Crippen LogP contribution in [-0.4, -0.2) is 38.2 Å². The van der Waals surface area contributed by atoms with E-state index in [4.69, 9.17) is 18.7 Å². The van der Waals surface area contributed by atoms with E-state index in [1.807, 2.05) is 30.3 Å². The lowest BCUT2D eigenvalue weighted by Gasteiger charge is -2.04. The lowest BCUT2D eigenvalue weighted by Crippen LogP contribution is -2.21. The number of methoxy groups -OCH3 is 1. The van der Waals surface area contributed by atoms with Crippen molar-refractivity contribution < 1.29 is 18.7 Å². The van der Waals surface area contributed by atoms with E-state index in [2.05, 4.69) is 15.2 Å². The van der Waals surface area contributed by atoms with E-state index in [9.17, 15) is 4.79 Å². The molecule has 0 unspecified atom stereocenters. The second-order valence-corrected chi connectivity index (χ2v) is 7.37. The Kier molecular flexibility index (Phi) is 4.35. The van der Waals surface area contributed by atoms with Crippen LogP contribution in [0.5, 0.6) is 17.2 Å². The Balaban J connectivity index is 1.31. The average molecular weight is 443 g/mol. The first-order valence-corrected chi connectivity index (χ1v) is 10.1. The van der Waals surface area contributed by atoms with Crippen molar-refractivity contribution in [3.8, 4) is 39.9 Å². The van der Waals surface area contributed by atoms with E-state index in [1.165, 1.54) is 4.57 Å². The van der Waals surface area contributed by atoms with Crippen LogP contribution in [0, 0.1) is 0 Å². The Morgan fingerprint density at radius 2 is 1.94 bits per heavy atom. The number of rotatable bonds is 5. The molecule has 0 saturated carbocycles. The highest BCUT2D eigenvalue weighted by atomic mass is 16.7. The van der Waals surface area contributed by atoms with Crippen molar-refractivity contribution in [3.63, 3.8) is 0 Å². The summed E-state index contributed by atoms with van der Waals surface area (Å²) in [7, 11) is 1.60. The highest BCUT2D eigenvalue weighted by molar-refractivity contribution is 5.71. The number of benzene rings is 2. The predicted octanol–water partition coefficient (Wildman–Crippen LogP) is 3.00. The molecule has 33 heavy (non-hydrogen) atoms. The van der Waals surface area contributed by atoms with Gasteiger partial charge in [-0.15, -0.1) is 0 Å². The predicted molar refractivity (Wildman–Crippen MR) is 116 cm³/mol. The summed E-state index contributed by atoms with van der Waals surface area (Å²) < 4.78 is 24.6. The molecule has 1 aliphatic rings. The standard InChI is InChI=1S/C23H17N5O5/c1-30-18-5-3-2-4-15(18)16-11-17-23(29)27(8-9-28(17)25-16)12-21-24-22(26-33-21)14-6-7-19-20(10-14)32-13-31-19/h2-11H,12-13H2,1H3. The number of ether oxygens (including phenoxy) is 3. The molecule has 0 fully saturated rings. The fourth-order valence-electron chi connectivity index (χ4n) is 3.76. The van der Waals surface area contributed by atoms with Gasteiger partial charge in [-0.05, 0) is 36.4 Å². The minimum atomic E-state index is -0.228. The fourth-order valence-corrected chi connectivity index (χ4v) is 3.76. The van der Waals surface area contributed by atoms with Crippen molar-refractivity contribution >= 4 is 5.52 Å². The molecule has 0 spiro atoms. The van der Waals surface area contributed by atoms with Crippen LogP contribution in [0.2, 0.25) is 0 Å². The number of nitrogens with zero attached hydrogens (tertiary/aromatic N) is 5. The van der Waals surface area contributed by atoms with Gasteiger partial charge in [-0.1, -0.05) is 17.3 Å². The summed E-state index contributed by atoms with van der Waals surface area (Å²) in [6.07, 6.45) is 3.35. The minimum absolute atomic E-state index is 0.127. The topological polar surface area (TPSA) is 106 Å². The Morgan fingerprint density at radius 1 is 1.06 bits per heavy atom. The highest BCUT2D eigenvalue weighted by Crippen LogP contribution is 2.35. The Morgan fingerprint density at radius 3 is 2.85 bits per heavy atom. The molecule has 6 rings (SSSR count). The van der Waals surface area contributed by atoms with Gasteiger partial charge in [-0.25, -0.2) is 4.52 Å². The van der Waals surface area contributed by atoms with Crippen LogP contribution in [0.3, 0.4) is 0 Å². The molecule has 0 atom stereocenters. The van der Waals surface area contributed by atoms with Crippen molar-refractivity contribution in [2.24, 2.45) is 0 Å². The lowest BCUT2D eigenvalue weighted by molar-refractivity contribution is 0.174. The third-order valence-corrected chi connectivity index (χ3v) is 5.39. The van der Waals surface area contributed by atoms with Crippen LogP contribution < -0.4 is 19.8 Å². The molecule has 0 saturated heterocycles. The maximum absolute atomic E-state index is 13.1. The van der Waals surface area contributed by atoms with Gasteiger partial charge in [0.05, 0.1) is 12.8 Å². The van der Waals surface area contributed by atoms with Crippen LogP contribution >= 0.6 is 0 Å². The summed E-state index contributed by atoms with van der Waals surface area (Å²) in [5.74, 6) is 2.70. The second-order valence-electron chi connectivity index (χ2n) is 7.37. The number of para-hydroxylation sites is 1. The average Bonchev–Trinajstić information content (AvgIpc) is 3.60. The van der Waals surface area contributed by atoms with E-state index >= 15 is 0 Å². The number of fused-ring (bicyclic) bond motifs is 2. The zero-order chi connectivity index (χ0) is 22.4. The maximum atomic E-state index is 13.1. The van der Waals surface area contributed by atoms with Crippen LogP contribution in [0.25, 0.3) is 28.2 Å². The largest absolute Gasteiger partial charge is 0.496 e. The lowest BCUT2D eigenvalue weighted by atomic mass is 10.1. The van der Waals surface area contributed by atoms with Gasteiger partial charge >= 0.3 is 0 Å². The first-order valence-electron chi connectivity index (χ1n) is 10.1. The van der Waals surface area contributed by atoms with Gasteiger partial charge in [-0.2, -0.15) is 10.1 Å². The van der Waals surface area contributed by atoms with Crippen molar-refractivity contribution in [3.05, 3.63) is 77.2 Å². The molecule has 0 N–H and O–H groups in total. The minimum Gasteiger partial charge on any atom is -0.496 e. The third kappa shape index (κ3) is 3.28. The van der Waals surface area contributed by atoms with E-state index in [0.717, 1.165) is 11.1 Å². The molecule has 10 nitrogen and oxygen atoms in total. The van der Waals surface area contributed by atoms with Gasteiger partial charge in [0.15, 0.2) is 11.5 Å². The summed E-state index contributed by atoms with van der Waals surface area (Å²) in [6.45, 7) is 0.317. The van der Waals surface area contributed by atoms with Crippen LogP contribution in [0.4, 0.5) is 0 Å². The number of aromatic nitrogens is 5. The zero-order valence-corrected chi connectivity index (χ0v) is 17.5. The molecular formula is C23H17N5O5. The first-order chi connectivity index (χ1) is 16.2. The summed E-state index contributed by atoms with van der Waals surface area (Å²) in [6, 6.07) is 14.7. The molecule has 3 aromatic heterocycles. The van der Waals surface area contributed by atoms with Crippen molar-refractivity contribution in [2.75, 3.05) is 13.9 Å².